The lowest BCUT2D eigenvalue weighted by Crippen LogP contribution is -2.25. The van der Waals surface area contributed by atoms with Gasteiger partial charge in [-0.1, -0.05) is 24.3 Å². The number of aryl methyl sites for hydroxylation is 4. The quantitative estimate of drug-likeness (QED) is 0.115. The normalized spacial score (nSPS) is 11.2. The Hall–Kier alpha value is -6.83. The molecular formula is C49H44N2O5. The van der Waals surface area contributed by atoms with Gasteiger partial charge in [0.1, 0.15) is 45.7 Å². The SMILES string of the molecule is Cc1ccc(Oc2ccc(C(C)(C)Oc3ccc(C(=O)c4ccc(Oc5ccc(C(C)(C)Oc6ccc(C)c(C#N)c6)cc5C)cc4)cc3)cc2C)cc1C#N. The third-order valence-corrected chi connectivity index (χ3v) is 9.83. The molecule has 0 unspecified atom stereocenters. The van der Waals surface area contributed by atoms with E-state index in [-0.39, 0.29) is 5.78 Å². The highest BCUT2D eigenvalue weighted by atomic mass is 16.5. The minimum Gasteiger partial charge on any atom is -0.483 e. The zero-order chi connectivity index (χ0) is 40.2. The molecule has 0 atom stereocenters. The first-order valence-electron chi connectivity index (χ1n) is 18.4. The predicted octanol–water partition coefficient (Wildman–Crippen LogP) is 12.1. The molecule has 0 aliphatic heterocycles. The van der Waals surface area contributed by atoms with Gasteiger partial charge in [-0.05, 0) is 186 Å². The van der Waals surface area contributed by atoms with Crippen molar-refractivity contribution >= 4 is 5.78 Å². The van der Waals surface area contributed by atoms with Crippen LogP contribution >= 0.6 is 0 Å². The van der Waals surface area contributed by atoms with Gasteiger partial charge in [-0.15, -0.1) is 0 Å². The summed E-state index contributed by atoms with van der Waals surface area (Å²) in [6, 6.07) is 41.5. The fourth-order valence-corrected chi connectivity index (χ4v) is 6.32. The Kier molecular flexibility index (Phi) is 11.0. The van der Waals surface area contributed by atoms with Crippen molar-refractivity contribution in [1.82, 2.24) is 0 Å². The number of hydrogen-bond acceptors (Lipinski definition) is 7. The number of carbonyl (C=O) groups excluding carboxylic acids is 1. The van der Waals surface area contributed by atoms with Crippen LogP contribution in [0, 0.1) is 50.4 Å². The number of nitriles is 2. The standard InChI is InChI=1S/C49H44N2O5/c1-31-9-17-43(27-37(31)29-50)54-46-24-16-39(26-34(46)4)48(5,6)55-42-21-13-36(14-22-42)47(52)35-11-19-41(20-12-35)53-45-23-15-40(25-33(45)3)49(7,8)56-44-18-10-32(2)38(28-44)30-51/h9-28H,1-8H3. The van der Waals surface area contributed by atoms with Crippen LogP contribution in [0.1, 0.15) is 88.1 Å². The molecule has 6 rings (SSSR count). The minimum absolute atomic E-state index is 0.109. The van der Waals surface area contributed by atoms with E-state index in [1.807, 2.05) is 128 Å². The summed E-state index contributed by atoms with van der Waals surface area (Å²) >= 11 is 0. The monoisotopic (exact) mass is 740 g/mol. The van der Waals surface area contributed by atoms with Crippen molar-refractivity contribution in [2.45, 2.75) is 66.6 Å². The molecule has 0 fully saturated rings. The van der Waals surface area contributed by atoms with Crippen LogP contribution < -0.4 is 18.9 Å². The van der Waals surface area contributed by atoms with Crippen LogP contribution in [0.4, 0.5) is 0 Å². The lowest BCUT2D eigenvalue weighted by molar-refractivity contribution is 0.103. The van der Waals surface area contributed by atoms with Crippen molar-refractivity contribution in [3.63, 3.8) is 0 Å². The van der Waals surface area contributed by atoms with E-state index in [1.54, 1.807) is 48.5 Å². The van der Waals surface area contributed by atoms with Crippen molar-refractivity contribution < 1.29 is 23.7 Å². The average Bonchev–Trinajstić information content (AvgIpc) is 3.17. The van der Waals surface area contributed by atoms with E-state index in [0.29, 0.717) is 56.8 Å². The molecule has 0 N–H and O–H groups in total. The molecule has 280 valence electrons. The van der Waals surface area contributed by atoms with Crippen molar-refractivity contribution in [1.29, 1.82) is 10.5 Å². The molecule has 6 aromatic carbocycles. The largest absolute Gasteiger partial charge is 0.483 e. The molecule has 0 aliphatic carbocycles. The number of ketones is 1. The molecule has 56 heavy (non-hydrogen) atoms. The van der Waals surface area contributed by atoms with Crippen LogP contribution in [-0.2, 0) is 11.2 Å². The molecule has 0 heterocycles. The van der Waals surface area contributed by atoms with E-state index >= 15 is 0 Å². The van der Waals surface area contributed by atoms with Gasteiger partial charge in [0.15, 0.2) is 5.78 Å². The van der Waals surface area contributed by atoms with Gasteiger partial charge in [0.25, 0.3) is 0 Å². The Labute approximate surface area is 329 Å². The predicted molar refractivity (Wildman–Crippen MR) is 218 cm³/mol. The van der Waals surface area contributed by atoms with Gasteiger partial charge in [0.05, 0.1) is 23.3 Å². The molecule has 0 radical (unpaired) electrons. The highest BCUT2D eigenvalue weighted by Gasteiger charge is 2.25. The maximum absolute atomic E-state index is 13.4. The fourth-order valence-electron chi connectivity index (χ4n) is 6.32. The summed E-state index contributed by atoms with van der Waals surface area (Å²) in [6.07, 6.45) is 0. The minimum atomic E-state index is -0.671. The highest BCUT2D eigenvalue weighted by molar-refractivity contribution is 6.09. The lowest BCUT2D eigenvalue weighted by Gasteiger charge is -2.28. The van der Waals surface area contributed by atoms with Crippen LogP contribution in [0.5, 0.6) is 34.5 Å². The Bertz CT molecular complexity index is 2500. The zero-order valence-corrected chi connectivity index (χ0v) is 33.0. The van der Waals surface area contributed by atoms with Crippen LogP contribution in [0.3, 0.4) is 0 Å². The number of hydrogen-bond donors (Lipinski definition) is 0. The van der Waals surface area contributed by atoms with E-state index < -0.39 is 11.2 Å². The van der Waals surface area contributed by atoms with Gasteiger partial charge in [-0.2, -0.15) is 10.5 Å². The van der Waals surface area contributed by atoms with Gasteiger partial charge in [-0.25, -0.2) is 0 Å². The first kappa shape index (κ1) is 38.9. The van der Waals surface area contributed by atoms with E-state index in [1.165, 1.54) is 0 Å². The topological polar surface area (TPSA) is 102 Å². The fraction of sp³-hybridized carbons (Fsp3) is 0.204. The summed E-state index contributed by atoms with van der Waals surface area (Å²) in [5.74, 6) is 3.78. The summed E-state index contributed by atoms with van der Waals surface area (Å²) in [7, 11) is 0. The number of nitrogens with zero attached hydrogens (tertiary/aromatic N) is 2. The number of carbonyl (C=O) groups is 1. The lowest BCUT2D eigenvalue weighted by atomic mass is 9.95. The summed E-state index contributed by atoms with van der Waals surface area (Å²) in [4.78, 5) is 13.4. The summed E-state index contributed by atoms with van der Waals surface area (Å²) in [5, 5.41) is 18.8. The summed E-state index contributed by atoms with van der Waals surface area (Å²) in [6.45, 7) is 15.7. The Morgan fingerprint density at radius 2 is 0.857 bits per heavy atom. The van der Waals surface area contributed by atoms with Gasteiger partial charge in [0.2, 0.25) is 0 Å². The Morgan fingerprint density at radius 1 is 0.464 bits per heavy atom. The van der Waals surface area contributed by atoms with E-state index in [9.17, 15) is 15.3 Å². The van der Waals surface area contributed by atoms with E-state index in [4.69, 9.17) is 18.9 Å². The molecule has 0 saturated carbocycles. The summed E-state index contributed by atoms with van der Waals surface area (Å²) < 4.78 is 25.0. The first-order valence-corrected chi connectivity index (χ1v) is 18.4. The zero-order valence-electron chi connectivity index (χ0n) is 33.0. The van der Waals surface area contributed by atoms with Crippen LogP contribution in [0.25, 0.3) is 0 Å². The van der Waals surface area contributed by atoms with Crippen molar-refractivity contribution in [2.24, 2.45) is 0 Å². The maximum Gasteiger partial charge on any atom is 0.193 e. The van der Waals surface area contributed by atoms with E-state index in [2.05, 4.69) is 12.1 Å². The molecule has 0 aliphatic rings. The van der Waals surface area contributed by atoms with Gasteiger partial charge in [0, 0.05) is 11.1 Å². The molecule has 6 aromatic rings. The second-order valence-corrected chi connectivity index (χ2v) is 14.9. The van der Waals surface area contributed by atoms with Crippen molar-refractivity contribution in [2.75, 3.05) is 0 Å². The van der Waals surface area contributed by atoms with E-state index in [0.717, 1.165) is 33.4 Å². The number of rotatable bonds is 12. The van der Waals surface area contributed by atoms with Crippen LogP contribution in [0.15, 0.2) is 121 Å². The third kappa shape index (κ3) is 8.75. The second-order valence-electron chi connectivity index (χ2n) is 14.9. The molecular weight excluding hydrogens is 697 g/mol. The van der Waals surface area contributed by atoms with Crippen molar-refractivity contribution in [3.8, 4) is 46.6 Å². The molecule has 0 bridgehead atoms. The van der Waals surface area contributed by atoms with Crippen molar-refractivity contribution in [3.05, 3.63) is 177 Å². The Morgan fingerprint density at radius 3 is 1.32 bits per heavy atom. The number of benzene rings is 6. The van der Waals surface area contributed by atoms with Crippen LogP contribution in [-0.4, -0.2) is 5.78 Å². The average molecular weight is 741 g/mol. The molecule has 0 aromatic heterocycles. The molecule has 0 spiro atoms. The van der Waals surface area contributed by atoms with Gasteiger partial charge < -0.3 is 18.9 Å². The molecule has 0 amide bonds. The number of ether oxygens (including phenoxy) is 4. The molecule has 7 heteroatoms. The van der Waals surface area contributed by atoms with Gasteiger partial charge >= 0.3 is 0 Å². The highest BCUT2D eigenvalue weighted by Crippen LogP contribution is 2.35. The Balaban J connectivity index is 1.07. The second kappa shape index (κ2) is 15.9. The van der Waals surface area contributed by atoms with Gasteiger partial charge in [-0.3, -0.25) is 4.79 Å². The van der Waals surface area contributed by atoms with Crippen LogP contribution in [0.2, 0.25) is 0 Å². The summed E-state index contributed by atoms with van der Waals surface area (Å²) in [5.41, 5.74) is 6.55. The third-order valence-electron chi connectivity index (χ3n) is 9.83. The smallest absolute Gasteiger partial charge is 0.193 e. The maximum atomic E-state index is 13.4. The molecule has 0 saturated heterocycles. The molecule has 7 nitrogen and oxygen atoms in total. The first-order chi connectivity index (χ1) is 26.6.